The molecule has 1 aliphatic rings. The molecule has 0 saturated carbocycles. The molecule has 2 rings (SSSR count). The summed E-state index contributed by atoms with van der Waals surface area (Å²) in [4.78, 5) is 13.6. The van der Waals surface area contributed by atoms with E-state index >= 15 is 0 Å². The number of hydrogen-bond donors (Lipinski definition) is 1. The van der Waals surface area contributed by atoms with Gasteiger partial charge in [-0.15, -0.1) is 0 Å². The van der Waals surface area contributed by atoms with Crippen LogP contribution in [0.15, 0.2) is 18.7 Å². The van der Waals surface area contributed by atoms with Gasteiger partial charge in [-0.3, -0.25) is 9.69 Å². The Labute approximate surface area is 120 Å². The van der Waals surface area contributed by atoms with Gasteiger partial charge in [0.15, 0.2) is 6.23 Å². The second kappa shape index (κ2) is 6.09. The van der Waals surface area contributed by atoms with Crippen molar-refractivity contribution < 1.29 is 9.53 Å². The number of carbonyl (C=O) groups is 1. The molecule has 1 aliphatic heterocycles. The Bertz CT molecular complexity index is 525. The van der Waals surface area contributed by atoms with Crippen molar-refractivity contribution in [3.63, 3.8) is 0 Å². The van der Waals surface area contributed by atoms with Crippen molar-refractivity contribution in [1.82, 2.24) is 0 Å². The Morgan fingerprint density at radius 2 is 2.30 bits per heavy atom. The number of amides is 1. The zero-order valence-electron chi connectivity index (χ0n) is 12.2. The average molecular weight is 274 g/mol. The molecule has 0 spiro atoms. The predicted octanol–water partition coefficient (Wildman–Crippen LogP) is 2.70. The minimum absolute atomic E-state index is 0.00623. The summed E-state index contributed by atoms with van der Waals surface area (Å²) in [6.07, 6.45) is 4.10. The van der Waals surface area contributed by atoms with Crippen LogP contribution in [0.25, 0.3) is 6.08 Å². The Kier molecular flexibility index (Phi) is 4.45. The standard InChI is InChI=1S/C16H22N2O2/c1-4-12-8-9-14-16(13(12)7-6-10-17)20-15(5-2)18(14)11(3)19/h4,8-9,15H,1,5-7,10,17H2,2-3H3. The van der Waals surface area contributed by atoms with Gasteiger partial charge in [0.05, 0.1) is 5.69 Å². The third-order valence-electron chi connectivity index (χ3n) is 3.62. The second-order valence-electron chi connectivity index (χ2n) is 4.95. The molecule has 0 fully saturated rings. The van der Waals surface area contributed by atoms with Gasteiger partial charge in [-0.25, -0.2) is 0 Å². The number of nitrogens with zero attached hydrogens (tertiary/aromatic N) is 1. The highest BCUT2D eigenvalue weighted by molar-refractivity contribution is 5.95. The highest BCUT2D eigenvalue weighted by Crippen LogP contribution is 2.43. The smallest absolute Gasteiger partial charge is 0.226 e. The molecule has 1 aromatic rings. The number of carbonyl (C=O) groups excluding carboxylic acids is 1. The third kappa shape index (κ3) is 2.43. The highest BCUT2D eigenvalue weighted by Gasteiger charge is 2.34. The maximum atomic E-state index is 11.9. The quantitative estimate of drug-likeness (QED) is 0.898. The average Bonchev–Trinajstić information content (AvgIpc) is 2.83. The number of hydrogen-bond acceptors (Lipinski definition) is 3. The number of ether oxygens (including phenoxy) is 1. The van der Waals surface area contributed by atoms with Gasteiger partial charge in [0.1, 0.15) is 5.75 Å². The monoisotopic (exact) mass is 274 g/mol. The number of nitrogens with two attached hydrogens (primary N) is 1. The summed E-state index contributed by atoms with van der Waals surface area (Å²) in [5.74, 6) is 0.824. The van der Waals surface area contributed by atoms with Crippen LogP contribution in [0.1, 0.15) is 37.8 Å². The van der Waals surface area contributed by atoms with E-state index in [-0.39, 0.29) is 12.1 Å². The summed E-state index contributed by atoms with van der Waals surface area (Å²) in [5.41, 5.74) is 8.63. The molecule has 2 N–H and O–H groups in total. The molecule has 20 heavy (non-hydrogen) atoms. The van der Waals surface area contributed by atoms with Crippen LogP contribution >= 0.6 is 0 Å². The Hall–Kier alpha value is -1.81. The van der Waals surface area contributed by atoms with Gasteiger partial charge in [-0.1, -0.05) is 25.6 Å². The molecule has 1 heterocycles. The molecule has 4 heteroatoms. The molecule has 1 atom stereocenters. The summed E-state index contributed by atoms with van der Waals surface area (Å²) in [7, 11) is 0. The first-order valence-electron chi connectivity index (χ1n) is 7.08. The first-order valence-corrected chi connectivity index (χ1v) is 7.08. The van der Waals surface area contributed by atoms with Gasteiger partial charge in [0.25, 0.3) is 0 Å². The SMILES string of the molecule is C=Cc1ccc2c(c1CCCN)OC(CC)N2C(C)=O. The Morgan fingerprint density at radius 1 is 1.55 bits per heavy atom. The van der Waals surface area contributed by atoms with Crippen molar-refractivity contribution in [1.29, 1.82) is 0 Å². The maximum Gasteiger partial charge on any atom is 0.226 e. The van der Waals surface area contributed by atoms with Crippen molar-refractivity contribution in [2.24, 2.45) is 5.73 Å². The lowest BCUT2D eigenvalue weighted by Crippen LogP contribution is -2.37. The lowest BCUT2D eigenvalue weighted by Gasteiger charge is -2.20. The largest absolute Gasteiger partial charge is 0.468 e. The minimum Gasteiger partial charge on any atom is -0.468 e. The van der Waals surface area contributed by atoms with Crippen LogP contribution in [0, 0.1) is 0 Å². The fourth-order valence-corrected chi connectivity index (χ4v) is 2.66. The molecule has 1 amide bonds. The van der Waals surface area contributed by atoms with E-state index in [1.165, 1.54) is 0 Å². The molecule has 108 valence electrons. The van der Waals surface area contributed by atoms with Gasteiger partial charge in [-0.2, -0.15) is 0 Å². The first kappa shape index (κ1) is 14.6. The van der Waals surface area contributed by atoms with E-state index in [0.29, 0.717) is 6.54 Å². The first-order chi connectivity index (χ1) is 9.63. The van der Waals surface area contributed by atoms with Crippen molar-refractivity contribution in [2.45, 2.75) is 39.3 Å². The van der Waals surface area contributed by atoms with Crippen molar-refractivity contribution in [3.8, 4) is 5.75 Å². The minimum atomic E-state index is -0.209. The number of benzene rings is 1. The normalized spacial score (nSPS) is 16.8. The fourth-order valence-electron chi connectivity index (χ4n) is 2.66. The summed E-state index contributed by atoms with van der Waals surface area (Å²) in [5, 5.41) is 0. The molecule has 4 nitrogen and oxygen atoms in total. The number of rotatable bonds is 5. The zero-order chi connectivity index (χ0) is 14.7. The predicted molar refractivity (Wildman–Crippen MR) is 81.8 cm³/mol. The van der Waals surface area contributed by atoms with Crippen LogP contribution < -0.4 is 15.4 Å². The van der Waals surface area contributed by atoms with E-state index in [1.807, 2.05) is 25.1 Å². The van der Waals surface area contributed by atoms with Crippen LogP contribution in [0.5, 0.6) is 5.75 Å². The topological polar surface area (TPSA) is 55.6 Å². The fraction of sp³-hybridized carbons (Fsp3) is 0.438. The third-order valence-corrected chi connectivity index (χ3v) is 3.62. The van der Waals surface area contributed by atoms with Gasteiger partial charge in [0.2, 0.25) is 5.91 Å². The van der Waals surface area contributed by atoms with Crippen LogP contribution in [0.4, 0.5) is 5.69 Å². The molecule has 1 aromatic carbocycles. The van der Waals surface area contributed by atoms with E-state index in [1.54, 1.807) is 11.8 Å². The van der Waals surface area contributed by atoms with E-state index < -0.39 is 0 Å². The lowest BCUT2D eigenvalue weighted by atomic mass is 10.0. The molecule has 0 radical (unpaired) electrons. The van der Waals surface area contributed by atoms with E-state index in [9.17, 15) is 4.79 Å². The van der Waals surface area contributed by atoms with Crippen molar-refractivity contribution >= 4 is 17.7 Å². The molecular formula is C16H22N2O2. The Balaban J connectivity index is 2.49. The van der Waals surface area contributed by atoms with Crippen molar-refractivity contribution in [2.75, 3.05) is 11.4 Å². The summed E-state index contributed by atoms with van der Waals surface area (Å²) >= 11 is 0. The molecular weight excluding hydrogens is 252 g/mol. The van der Waals surface area contributed by atoms with Crippen LogP contribution in [-0.2, 0) is 11.2 Å². The van der Waals surface area contributed by atoms with E-state index in [2.05, 4.69) is 6.58 Å². The second-order valence-corrected chi connectivity index (χ2v) is 4.95. The maximum absolute atomic E-state index is 11.9. The summed E-state index contributed by atoms with van der Waals surface area (Å²) in [6.45, 7) is 8.07. The zero-order valence-corrected chi connectivity index (χ0v) is 12.2. The highest BCUT2D eigenvalue weighted by atomic mass is 16.5. The molecule has 0 aliphatic carbocycles. The van der Waals surface area contributed by atoms with Gasteiger partial charge in [-0.05, 0) is 31.0 Å². The van der Waals surface area contributed by atoms with Crippen LogP contribution in [-0.4, -0.2) is 18.7 Å². The number of anilines is 1. The van der Waals surface area contributed by atoms with E-state index in [0.717, 1.165) is 41.8 Å². The summed E-state index contributed by atoms with van der Waals surface area (Å²) < 4.78 is 6.02. The lowest BCUT2D eigenvalue weighted by molar-refractivity contribution is -0.117. The van der Waals surface area contributed by atoms with Gasteiger partial charge < -0.3 is 10.5 Å². The molecule has 0 bridgehead atoms. The van der Waals surface area contributed by atoms with Gasteiger partial charge in [0, 0.05) is 18.9 Å². The van der Waals surface area contributed by atoms with Gasteiger partial charge >= 0.3 is 0 Å². The van der Waals surface area contributed by atoms with Crippen LogP contribution in [0.2, 0.25) is 0 Å². The van der Waals surface area contributed by atoms with Crippen LogP contribution in [0.3, 0.4) is 0 Å². The van der Waals surface area contributed by atoms with E-state index in [4.69, 9.17) is 10.5 Å². The molecule has 0 saturated heterocycles. The molecule has 1 unspecified atom stereocenters. The number of fused-ring (bicyclic) bond motifs is 1. The molecule has 0 aromatic heterocycles. The summed E-state index contributed by atoms with van der Waals surface area (Å²) in [6, 6.07) is 3.93. The Morgan fingerprint density at radius 3 is 2.85 bits per heavy atom. The van der Waals surface area contributed by atoms with Crippen molar-refractivity contribution in [3.05, 3.63) is 29.8 Å².